The third-order valence-electron chi connectivity index (χ3n) is 12.1. The molecule has 0 unspecified atom stereocenters. The molecule has 1 aromatic heterocycles. The summed E-state index contributed by atoms with van der Waals surface area (Å²) in [4.78, 5) is 0. The first-order valence-corrected chi connectivity index (χ1v) is 15.4. The van der Waals surface area contributed by atoms with Crippen molar-refractivity contribution in [2.75, 3.05) is 0 Å². The zero-order valence-corrected chi connectivity index (χ0v) is 28.2. The van der Waals surface area contributed by atoms with E-state index in [9.17, 15) is 0 Å². The molecular weight excluding hydrogens is 494 g/mol. The van der Waals surface area contributed by atoms with E-state index in [1.54, 1.807) is 11.1 Å². The van der Waals surface area contributed by atoms with Crippen molar-refractivity contribution in [1.82, 2.24) is 4.57 Å². The second kappa shape index (κ2) is 8.84. The highest BCUT2D eigenvalue weighted by atomic mass is 15.0. The van der Waals surface area contributed by atoms with Crippen LogP contribution in [0.5, 0.6) is 0 Å². The van der Waals surface area contributed by atoms with E-state index in [-0.39, 0.29) is 0 Å². The first kappa shape index (κ1) is 27.8. The van der Waals surface area contributed by atoms with Crippen molar-refractivity contribution in [3.63, 3.8) is 0 Å². The van der Waals surface area contributed by atoms with Crippen LogP contribution in [0.25, 0.3) is 38.6 Å². The largest absolute Gasteiger partial charge is 0.308 e. The molecule has 0 saturated carbocycles. The van der Waals surface area contributed by atoms with E-state index in [0.717, 1.165) is 6.42 Å². The maximum absolute atomic E-state index is 2.70. The third kappa shape index (κ3) is 3.24. The standard InChI is InChI=1S/C40H47N/c1-17-21(5)28(12)38(29(13)22(17)6)41-39-30(14)23(7)20(4)26(10)36(39)37-33-16-32-24(8)18(2)19(3)25(9)34(32)35(33)27(11)31(15)40(37)41/h16H2,1-15H3. The minimum Gasteiger partial charge on any atom is -0.308 e. The van der Waals surface area contributed by atoms with Gasteiger partial charge in [0.15, 0.2) is 0 Å². The summed E-state index contributed by atoms with van der Waals surface area (Å²) >= 11 is 0. The van der Waals surface area contributed by atoms with Gasteiger partial charge < -0.3 is 4.57 Å². The predicted octanol–water partition coefficient (Wildman–Crippen LogP) is 11.0. The lowest BCUT2D eigenvalue weighted by Crippen LogP contribution is -2.08. The fourth-order valence-corrected chi connectivity index (χ4v) is 8.27. The molecule has 0 fully saturated rings. The molecule has 0 spiro atoms. The minimum absolute atomic E-state index is 1.02. The lowest BCUT2D eigenvalue weighted by molar-refractivity contribution is 1.05. The Hall–Kier alpha value is -3.32. The van der Waals surface area contributed by atoms with E-state index >= 15 is 0 Å². The second-order valence-electron chi connectivity index (χ2n) is 13.4. The number of fused-ring (bicyclic) bond motifs is 7. The van der Waals surface area contributed by atoms with Crippen molar-refractivity contribution < 1.29 is 0 Å². The summed E-state index contributed by atoms with van der Waals surface area (Å²) in [5.74, 6) is 0. The Kier molecular flexibility index (Phi) is 6.00. The Balaban J connectivity index is 1.96. The quantitative estimate of drug-likeness (QED) is 0.195. The molecule has 212 valence electrons. The Morgan fingerprint density at radius 1 is 0.317 bits per heavy atom. The van der Waals surface area contributed by atoms with E-state index < -0.39 is 0 Å². The van der Waals surface area contributed by atoms with Gasteiger partial charge in [0.05, 0.1) is 16.7 Å². The Bertz CT molecular complexity index is 2010. The highest BCUT2D eigenvalue weighted by molar-refractivity contribution is 6.18. The number of hydrogen-bond acceptors (Lipinski definition) is 0. The number of hydrogen-bond donors (Lipinski definition) is 0. The van der Waals surface area contributed by atoms with Crippen LogP contribution in [0.3, 0.4) is 0 Å². The second-order valence-corrected chi connectivity index (χ2v) is 13.4. The topological polar surface area (TPSA) is 4.93 Å². The molecule has 0 radical (unpaired) electrons. The van der Waals surface area contributed by atoms with Gasteiger partial charge in [0.25, 0.3) is 0 Å². The van der Waals surface area contributed by atoms with E-state index in [1.165, 1.54) is 122 Å². The smallest absolute Gasteiger partial charge is 0.0576 e. The molecule has 0 N–H and O–H groups in total. The lowest BCUT2D eigenvalue weighted by Gasteiger charge is -2.23. The summed E-state index contributed by atoms with van der Waals surface area (Å²) in [6.07, 6.45) is 1.02. The third-order valence-corrected chi connectivity index (χ3v) is 12.1. The summed E-state index contributed by atoms with van der Waals surface area (Å²) in [5.41, 5.74) is 31.8. The van der Waals surface area contributed by atoms with Crippen LogP contribution in [0, 0.1) is 104 Å². The first-order valence-electron chi connectivity index (χ1n) is 15.4. The highest BCUT2D eigenvalue weighted by Gasteiger charge is 2.33. The molecule has 4 aromatic carbocycles. The maximum atomic E-state index is 2.70. The van der Waals surface area contributed by atoms with Crippen LogP contribution in [-0.4, -0.2) is 4.57 Å². The van der Waals surface area contributed by atoms with Gasteiger partial charge in [-0.3, -0.25) is 0 Å². The van der Waals surface area contributed by atoms with Gasteiger partial charge >= 0.3 is 0 Å². The lowest BCUT2D eigenvalue weighted by atomic mass is 9.86. The van der Waals surface area contributed by atoms with Gasteiger partial charge in [-0.05, 0) is 216 Å². The van der Waals surface area contributed by atoms with Crippen molar-refractivity contribution in [2.45, 2.75) is 110 Å². The molecule has 0 aliphatic heterocycles. The van der Waals surface area contributed by atoms with Crippen molar-refractivity contribution >= 4 is 21.8 Å². The molecule has 1 aliphatic rings. The van der Waals surface area contributed by atoms with Crippen LogP contribution < -0.4 is 0 Å². The number of benzene rings is 4. The fourth-order valence-electron chi connectivity index (χ4n) is 8.27. The van der Waals surface area contributed by atoms with Gasteiger partial charge in [-0.1, -0.05) is 0 Å². The van der Waals surface area contributed by atoms with Crippen molar-refractivity contribution in [2.24, 2.45) is 0 Å². The molecule has 0 bridgehead atoms. The maximum Gasteiger partial charge on any atom is 0.0576 e. The van der Waals surface area contributed by atoms with Gasteiger partial charge in [0.2, 0.25) is 0 Å². The van der Waals surface area contributed by atoms with Crippen LogP contribution in [0.2, 0.25) is 0 Å². The van der Waals surface area contributed by atoms with Crippen molar-refractivity contribution in [3.8, 4) is 16.8 Å². The summed E-state index contributed by atoms with van der Waals surface area (Å²) in [5, 5.41) is 2.95. The summed E-state index contributed by atoms with van der Waals surface area (Å²) < 4.78 is 2.70. The molecule has 0 saturated heterocycles. The van der Waals surface area contributed by atoms with Gasteiger partial charge in [-0.2, -0.15) is 0 Å². The normalized spacial score (nSPS) is 12.7. The van der Waals surface area contributed by atoms with Gasteiger partial charge in [-0.15, -0.1) is 0 Å². The zero-order valence-electron chi connectivity index (χ0n) is 28.2. The summed E-state index contributed by atoms with van der Waals surface area (Å²) in [7, 11) is 0. The molecular formula is C40H47N. The summed E-state index contributed by atoms with van der Waals surface area (Å²) in [6.45, 7) is 35.1. The van der Waals surface area contributed by atoms with Crippen LogP contribution in [0.1, 0.15) is 94.6 Å². The van der Waals surface area contributed by atoms with Gasteiger partial charge in [0, 0.05) is 10.8 Å². The van der Waals surface area contributed by atoms with E-state index in [4.69, 9.17) is 0 Å². The fraction of sp³-hybridized carbons (Fsp3) is 0.400. The van der Waals surface area contributed by atoms with Gasteiger partial charge in [-0.25, -0.2) is 0 Å². The zero-order chi connectivity index (χ0) is 30.1. The minimum atomic E-state index is 1.02. The number of aromatic nitrogens is 1. The van der Waals surface area contributed by atoms with E-state index in [0.29, 0.717) is 0 Å². The molecule has 6 rings (SSSR count). The first-order chi connectivity index (χ1) is 19.1. The van der Waals surface area contributed by atoms with Crippen LogP contribution in [0.4, 0.5) is 0 Å². The Morgan fingerprint density at radius 3 is 1.27 bits per heavy atom. The van der Waals surface area contributed by atoms with Crippen molar-refractivity contribution in [3.05, 3.63) is 94.6 Å². The molecule has 1 aliphatic carbocycles. The molecule has 5 aromatic rings. The van der Waals surface area contributed by atoms with Crippen molar-refractivity contribution in [1.29, 1.82) is 0 Å². The molecule has 1 nitrogen and oxygen atoms in total. The van der Waals surface area contributed by atoms with E-state index in [1.807, 2.05) is 0 Å². The van der Waals surface area contributed by atoms with Gasteiger partial charge in [0.1, 0.15) is 0 Å². The van der Waals surface area contributed by atoms with Crippen LogP contribution in [-0.2, 0) is 6.42 Å². The average Bonchev–Trinajstić information content (AvgIpc) is 3.51. The predicted molar refractivity (Wildman–Crippen MR) is 180 cm³/mol. The van der Waals surface area contributed by atoms with E-state index in [2.05, 4.69) is 108 Å². The summed E-state index contributed by atoms with van der Waals surface area (Å²) in [6, 6.07) is 0. The number of rotatable bonds is 1. The van der Waals surface area contributed by atoms with Crippen LogP contribution in [0.15, 0.2) is 0 Å². The molecule has 1 heterocycles. The monoisotopic (exact) mass is 541 g/mol. The van der Waals surface area contributed by atoms with Crippen LogP contribution >= 0.6 is 0 Å². The average molecular weight is 542 g/mol. The molecule has 1 heteroatoms. The number of aryl methyl sites for hydroxylation is 3. The highest BCUT2D eigenvalue weighted by Crippen LogP contribution is 2.52. The SMILES string of the molecule is Cc1c(C)c(C)c(-n2c3c(C)c(C)c(C)c(C)c3c3c4c(c(C)c(C)c32)-c2c(C)c(C)c(C)c(C)c2C4)c(C)c1C. The Labute approximate surface area is 247 Å². The Morgan fingerprint density at radius 2 is 0.683 bits per heavy atom. The molecule has 0 atom stereocenters. The molecule has 0 amide bonds. The molecule has 41 heavy (non-hydrogen) atoms. The number of nitrogens with zero attached hydrogens (tertiary/aromatic N) is 1.